The standard InChI is InChI=1S/C17H19N3O3S/c1-19(2)14(12-7-8-24-11-12)9-18-16(21)10-20-13-5-3-4-6-15(13)23-17(20)22/h3-8,11,14H,9-10H2,1-2H3,(H,18,21). The van der Waals surface area contributed by atoms with E-state index in [2.05, 4.69) is 21.7 Å². The molecule has 3 rings (SSSR count). The van der Waals surface area contributed by atoms with Crippen molar-refractivity contribution in [2.45, 2.75) is 12.6 Å². The molecule has 0 aliphatic heterocycles. The van der Waals surface area contributed by atoms with Gasteiger partial charge in [-0.3, -0.25) is 9.36 Å². The lowest BCUT2D eigenvalue weighted by Crippen LogP contribution is -2.37. The number of carbonyl (C=O) groups excluding carboxylic acids is 1. The summed E-state index contributed by atoms with van der Waals surface area (Å²) in [5.74, 6) is -0.737. The molecule has 0 aliphatic carbocycles. The van der Waals surface area contributed by atoms with Crippen LogP contribution >= 0.6 is 11.3 Å². The Labute approximate surface area is 143 Å². The van der Waals surface area contributed by atoms with Crippen LogP contribution in [0, 0.1) is 0 Å². The minimum Gasteiger partial charge on any atom is -0.408 e. The van der Waals surface area contributed by atoms with Crippen molar-refractivity contribution in [3.8, 4) is 0 Å². The molecule has 6 nitrogen and oxygen atoms in total. The van der Waals surface area contributed by atoms with Gasteiger partial charge in [-0.05, 0) is 48.6 Å². The number of fused-ring (bicyclic) bond motifs is 1. The van der Waals surface area contributed by atoms with E-state index in [0.29, 0.717) is 17.6 Å². The van der Waals surface area contributed by atoms with Crippen molar-refractivity contribution in [2.24, 2.45) is 0 Å². The second-order valence-corrected chi connectivity index (χ2v) is 6.54. The molecule has 0 fully saturated rings. The van der Waals surface area contributed by atoms with E-state index in [0.717, 1.165) is 5.56 Å². The summed E-state index contributed by atoms with van der Waals surface area (Å²) in [7, 11) is 3.95. The van der Waals surface area contributed by atoms with Crippen LogP contribution in [0.25, 0.3) is 11.1 Å². The number of benzene rings is 1. The number of aromatic nitrogens is 1. The van der Waals surface area contributed by atoms with Gasteiger partial charge in [0.1, 0.15) is 6.54 Å². The van der Waals surface area contributed by atoms with E-state index in [9.17, 15) is 9.59 Å². The van der Waals surface area contributed by atoms with Gasteiger partial charge in [-0.2, -0.15) is 11.3 Å². The number of likely N-dealkylation sites (N-methyl/N-ethyl adjacent to an activating group) is 1. The van der Waals surface area contributed by atoms with Crippen molar-refractivity contribution in [2.75, 3.05) is 20.6 Å². The fraction of sp³-hybridized carbons (Fsp3) is 0.294. The molecule has 1 atom stereocenters. The summed E-state index contributed by atoms with van der Waals surface area (Å²) in [6.45, 7) is 0.423. The molecule has 24 heavy (non-hydrogen) atoms. The molecule has 2 heterocycles. The van der Waals surface area contributed by atoms with E-state index in [4.69, 9.17) is 4.42 Å². The molecule has 0 saturated heterocycles. The maximum Gasteiger partial charge on any atom is 0.420 e. The number of para-hydroxylation sites is 2. The third-order valence-electron chi connectivity index (χ3n) is 3.92. The molecule has 0 saturated carbocycles. The van der Waals surface area contributed by atoms with Crippen LogP contribution < -0.4 is 11.1 Å². The third kappa shape index (κ3) is 3.42. The molecule has 2 aromatic heterocycles. The molecule has 0 radical (unpaired) electrons. The molecule has 7 heteroatoms. The number of nitrogens with zero attached hydrogens (tertiary/aromatic N) is 2. The quantitative estimate of drug-likeness (QED) is 0.743. The highest BCUT2D eigenvalue weighted by Gasteiger charge is 2.17. The molecule has 0 aliphatic rings. The smallest absolute Gasteiger partial charge is 0.408 e. The highest BCUT2D eigenvalue weighted by Crippen LogP contribution is 2.20. The zero-order chi connectivity index (χ0) is 17.1. The Morgan fingerprint density at radius 2 is 2.12 bits per heavy atom. The Morgan fingerprint density at radius 3 is 2.83 bits per heavy atom. The normalized spacial score (nSPS) is 12.6. The minimum atomic E-state index is -0.520. The fourth-order valence-corrected chi connectivity index (χ4v) is 3.34. The number of hydrogen-bond donors (Lipinski definition) is 1. The Hall–Kier alpha value is -2.38. The highest BCUT2D eigenvalue weighted by atomic mass is 32.1. The molecule has 126 valence electrons. The first-order chi connectivity index (χ1) is 11.6. The largest absolute Gasteiger partial charge is 0.420 e. The monoisotopic (exact) mass is 345 g/mol. The first-order valence-corrected chi connectivity index (χ1v) is 8.54. The molecule has 1 amide bonds. The second kappa shape index (κ2) is 7.02. The number of amides is 1. The van der Waals surface area contributed by atoms with E-state index < -0.39 is 5.76 Å². The minimum absolute atomic E-state index is 0.0559. The molecule has 1 unspecified atom stereocenters. The zero-order valence-electron chi connectivity index (χ0n) is 13.6. The van der Waals surface area contributed by atoms with E-state index in [1.165, 1.54) is 4.57 Å². The maximum atomic E-state index is 12.3. The van der Waals surface area contributed by atoms with Crippen molar-refractivity contribution in [1.82, 2.24) is 14.8 Å². The van der Waals surface area contributed by atoms with Crippen molar-refractivity contribution in [3.05, 3.63) is 57.2 Å². The van der Waals surface area contributed by atoms with Crippen LogP contribution in [0.3, 0.4) is 0 Å². The summed E-state index contributed by atoms with van der Waals surface area (Å²) in [6.07, 6.45) is 0. The van der Waals surface area contributed by atoms with Crippen LogP contribution in [0.15, 0.2) is 50.3 Å². The summed E-state index contributed by atoms with van der Waals surface area (Å²) in [5.41, 5.74) is 2.27. The Kier molecular flexibility index (Phi) is 4.82. The Morgan fingerprint density at radius 1 is 1.33 bits per heavy atom. The third-order valence-corrected chi connectivity index (χ3v) is 4.62. The maximum absolute atomic E-state index is 12.3. The fourth-order valence-electron chi connectivity index (χ4n) is 2.64. The molecule has 1 aromatic carbocycles. The van der Waals surface area contributed by atoms with Gasteiger partial charge < -0.3 is 14.6 Å². The molecule has 0 bridgehead atoms. The van der Waals surface area contributed by atoms with Crippen molar-refractivity contribution in [3.63, 3.8) is 0 Å². The Balaban J connectivity index is 1.69. The molecule has 1 N–H and O–H groups in total. The van der Waals surface area contributed by atoms with Crippen molar-refractivity contribution < 1.29 is 9.21 Å². The highest BCUT2D eigenvalue weighted by molar-refractivity contribution is 7.07. The topological polar surface area (TPSA) is 67.5 Å². The predicted octanol–water partition coefficient (Wildman–Crippen LogP) is 2.08. The molecule has 0 spiro atoms. The lowest BCUT2D eigenvalue weighted by atomic mass is 10.1. The van der Waals surface area contributed by atoms with Crippen LogP contribution in [0.5, 0.6) is 0 Å². The summed E-state index contributed by atoms with van der Waals surface area (Å²) < 4.78 is 6.49. The van der Waals surface area contributed by atoms with E-state index in [1.807, 2.05) is 25.5 Å². The number of thiophene rings is 1. The van der Waals surface area contributed by atoms with Gasteiger partial charge in [0.05, 0.1) is 11.6 Å². The van der Waals surface area contributed by atoms with Crippen LogP contribution in [0.2, 0.25) is 0 Å². The van der Waals surface area contributed by atoms with Gasteiger partial charge in [0.25, 0.3) is 0 Å². The van der Waals surface area contributed by atoms with Gasteiger partial charge in [-0.15, -0.1) is 0 Å². The van der Waals surface area contributed by atoms with Gasteiger partial charge in [-0.1, -0.05) is 12.1 Å². The van der Waals surface area contributed by atoms with Gasteiger partial charge in [0, 0.05) is 6.54 Å². The Bertz CT molecular complexity index is 880. The predicted molar refractivity (Wildman–Crippen MR) is 94.2 cm³/mol. The van der Waals surface area contributed by atoms with E-state index in [1.54, 1.807) is 29.5 Å². The summed E-state index contributed by atoms with van der Waals surface area (Å²) in [6, 6.07) is 9.22. The van der Waals surface area contributed by atoms with Gasteiger partial charge in [0.15, 0.2) is 5.58 Å². The van der Waals surface area contributed by atoms with Crippen molar-refractivity contribution in [1.29, 1.82) is 0 Å². The lowest BCUT2D eigenvalue weighted by Gasteiger charge is -2.24. The lowest BCUT2D eigenvalue weighted by molar-refractivity contribution is -0.121. The molecular formula is C17H19N3O3S. The van der Waals surface area contributed by atoms with E-state index in [-0.39, 0.29) is 18.5 Å². The van der Waals surface area contributed by atoms with Crippen LogP contribution in [0.1, 0.15) is 11.6 Å². The second-order valence-electron chi connectivity index (χ2n) is 5.76. The number of rotatable bonds is 6. The average Bonchev–Trinajstić information content (AvgIpc) is 3.16. The van der Waals surface area contributed by atoms with Crippen LogP contribution in [-0.2, 0) is 11.3 Å². The van der Waals surface area contributed by atoms with Crippen molar-refractivity contribution >= 4 is 28.3 Å². The number of nitrogens with one attached hydrogen (secondary N) is 1. The zero-order valence-corrected chi connectivity index (χ0v) is 14.4. The summed E-state index contributed by atoms with van der Waals surface area (Å²) >= 11 is 1.63. The molecular weight excluding hydrogens is 326 g/mol. The number of hydrogen-bond acceptors (Lipinski definition) is 5. The van der Waals surface area contributed by atoms with Gasteiger partial charge in [0.2, 0.25) is 5.91 Å². The van der Waals surface area contributed by atoms with Crippen LogP contribution in [-0.4, -0.2) is 36.0 Å². The first-order valence-electron chi connectivity index (χ1n) is 7.60. The molecule has 3 aromatic rings. The van der Waals surface area contributed by atoms with E-state index >= 15 is 0 Å². The average molecular weight is 345 g/mol. The van der Waals surface area contributed by atoms with Crippen LogP contribution in [0.4, 0.5) is 0 Å². The first kappa shape index (κ1) is 16.5. The number of oxazole rings is 1. The van der Waals surface area contributed by atoms with Gasteiger partial charge >= 0.3 is 5.76 Å². The number of carbonyl (C=O) groups is 1. The van der Waals surface area contributed by atoms with Gasteiger partial charge in [-0.25, -0.2) is 4.79 Å². The summed E-state index contributed by atoms with van der Waals surface area (Å²) in [4.78, 5) is 26.2. The summed E-state index contributed by atoms with van der Waals surface area (Å²) in [5, 5.41) is 7.00. The SMILES string of the molecule is CN(C)C(CNC(=O)Cn1c(=O)oc2ccccc21)c1ccsc1.